The van der Waals surface area contributed by atoms with Gasteiger partial charge >= 0.3 is 5.97 Å². The van der Waals surface area contributed by atoms with E-state index in [0.29, 0.717) is 6.42 Å². The number of carbonyl (C=O) groups excluding carboxylic acids is 1. The van der Waals surface area contributed by atoms with E-state index in [1.807, 2.05) is 29.1 Å². The van der Waals surface area contributed by atoms with Crippen LogP contribution in [0.2, 0.25) is 0 Å². The monoisotopic (exact) mass is 409 g/mol. The number of aliphatic hydroxyl groups excluding tert-OH is 1. The summed E-state index contributed by atoms with van der Waals surface area (Å²) in [6, 6.07) is 10.1. The predicted octanol–water partition coefficient (Wildman–Crippen LogP) is 4.21. The molecule has 4 rings (SSSR count). The molecule has 2 atom stereocenters. The fourth-order valence-electron chi connectivity index (χ4n) is 3.68. The van der Waals surface area contributed by atoms with Gasteiger partial charge in [0.2, 0.25) is 0 Å². The molecule has 0 amide bonds. The van der Waals surface area contributed by atoms with Crippen LogP contribution in [-0.2, 0) is 9.53 Å². The van der Waals surface area contributed by atoms with Crippen LogP contribution in [0.4, 0.5) is 4.39 Å². The Morgan fingerprint density at radius 2 is 2.07 bits per heavy atom. The lowest BCUT2D eigenvalue weighted by molar-refractivity contribution is -0.156. The van der Waals surface area contributed by atoms with Crippen molar-refractivity contribution in [1.82, 2.24) is 14.8 Å². The fraction of sp³-hybridized carbons (Fsp3) is 0.304. The number of ether oxygens (including phenoxy) is 1. The normalized spacial score (nSPS) is 19.6. The Bertz CT molecular complexity index is 1050. The number of nitrogens with zero attached hydrogens (tertiary/aromatic N) is 2. The Hall–Kier alpha value is -3.19. The zero-order chi connectivity index (χ0) is 21.3. The molecule has 0 radical (unpaired) electrons. The Morgan fingerprint density at radius 3 is 2.70 bits per heavy atom. The molecule has 2 N–H and O–H groups in total. The first kappa shape index (κ1) is 20.1. The van der Waals surface area contributed by atoms with Crippen LogP contribution in [-0.4, -0.2) is 38.0 Å². The number of halogens is 1. The minimum Gasteiger partial charge on any atom is -0.458 e. The van der Waals surface area contributed by atoms with Gasteiger partial charge in [-0.05, 0) is 48.4 Å². The van der Waals surface area contributed by atoms with Crippen molar-refractivity contribution in [2.45, 2.75) is 44.8 Å². The quantitative estimate of drug-likeness (QED) is 0.619. The molecule has 2 unspecified atom stereocenters. The van der Waals surface area contributed by atoms with E-state index in [2.05, 4.69) is 18.8 Å². The van der Waals surface area contributed by atoms with Crippen LogP contribution in [0.5, 0.6) is 0 Å². The van der Waals surface area contributed by atoms with Crippen molar-refractivity contribution >= 4 is 12.0 Å². The van der Waals surface area contributed by atoms with Gasteiger partial charge < -0.3 is 14.8 Å². The lowest BCUT2D eigenvalue weighted by atomic mass is 9.98. The van der Waals surface area contributed by atoms with E-state index in [1.54, 1.807) is 18.2 Å². The van der Waals surface area contributed by atoms with E-state index < -0.39 is 18.2 Å². The zero-order valence-corrected chi connectivity index (χ0v) is 16.9. The van der Waals surface area contributed by atoms with E-state index in [0.717, 1.165) is 28.3 Å². The fourth-order valence-corrected chi connectivity index (χ4v) is 3.68. The molecule has 7 heteroatoms. The number of hydrogen-bond donors (Lipinski definition) is 2. The molecule has 1 fully saturated rings. The third-order valence-corrected chi connectivity index (χ3v) is 5.09. The summed E-state index contributed by atoms with van der Waals surface area (Å²) in [6.07, 6.45) is 4.66. The average Bonchev–Trinajstić information content (AvgIpc) is 3.34. The van der Waals surface area contributed by atoms with Gasteiger partial charge in [0.25, 0.3) is 0 Å². The van der Waals surface area contributed by atoms with E-state index in [1.165, 1.54) is 12.1 Å². The number of aromatic amines is 1. The maximum absolute atomic E-state index is 13.6. The minimum absolute atomic E-state index is 0.0210. The first-order chi connectivity index (χ1) is 14.4. The van der Waals surface area contributed by atoms with Crippen LogP contribution in [0.15, 0.2) is 48.7 Å². The highest BCUT2D eigenvalue weighted by Crippen LogP contribution is 2.34. The topological polar surface area (TPSA) is 80.1 Å². The number of cyclic esters (lactones) is 1. The molecule has 2 aromatic heterocycles. The first-order valence-corrected chi connectivity index (χ1v) is 10.0. The smallest absolute Gasteiger partial charge is 0.309 e. The Labute approximate surface area is 174 Å². The highest BCUT2D eigenvalue weighted by molar-refractivity contribution is 5.76. The molecule has 1 aliphatic rings. The summed E-state index contributed by atoms with van der Waals surface area (Å²) < 4.78 is 20.7. The maximum Gasteiger partial charge on any atom is 0.309 e. The second-order valence-corrected chi connectivity index (χ2v) is 7.76. The third kappa shape index (κ3) is 4.07. The van der Waals surface area contributed by atoms with Gasteiger partial charge in [0.05, 0.1) is 23.9 Å². The number of H-pyrrole nitrogens is 1. The standard InChI is InChI=1S/C23H24FN3O3/c1-14(2)22-19(10-9-18-12-17(28)13-21(29)30-18)23(15-5-7-16(24)8-6-15)27(26-22)20-4-3-11-25-20/h3-11,14,17-18,25,28H,12-13H2,1-2H3/b10-9+. The lowest BCUT2D eigenvalue weighted by Gasteiger charge is -2.23. The number of aromatic nitrogens is 3. The van der Waals surface area contributed by atoms with Gasteiger partial charge in [-0.15, -0.1) is 0 Å². The lowest BCUT2D eigenvalue weighted by Crippen LogP contribution is -2.31. The Balaban J connectivity index is 1.84. The van der Waals surface area contributed by atoms with E-state index >= 15 is 0 Å². The van der Waals surface area contributed by atoms with Gasteiger partial charge in [-0.25, -0.2) is 9.07 Å². The molecule has 0 spiro atoms. The molecule has 6 nitrogen and oxygen atoms in total. The predicted molar refractivity (Wildman–Crippen MR) is 112 cm³/mol. The van der Waals surface area contributed by atoms with Gasteiger partial charge in [0.15, 0.2) is 0 Å². The number of benzene rings is 1. The number of carbonyl (C=O) groups is 1. The van der Waals surface area contributed by atoms with Crippen molar-refractivity contribution in [3.8, 4) is 17.1 Å². The van der Waals surface area contributed by atoms with Gasteiger partial charge in [-0.1, -0.05) is 19.9 Å². The van der Waals surface area contributed by atoms with E-state index in [9.17, 15) is 14.3 Å². The molecule has 0 saturated carbocycles. The summed E-state index contributed by atoms with van der Waals surface area (Å²) in [5.41, 5.74) is 3.34. The third-order valence-electron chi connectivity index (χ3n) is 5.09. The van der Waals surface area contributed by atoms with Crippen molar-refractivity contribution in [1.29, 1.82) is 0 Å². The summed E-state index contributed by atoms with van der Waals surface area (Å²) >= 11 is 0. The minimum atomic E-state index is -0.705. The molecular weight excluding hydrogens is 385 g/mol. The highest BCUT2D eigenvalue weighted by Gasteiger charge is 2.26. The Kier molecular flexibility index (Phi) is 5.55. The summed E-state index contributed by atoms with van der Waals surface area (Å²) in [4.78, 5) is 14.8. The van der Waals surface area contributed by atoms with Gasteiger partial charge in [-0.2, -0.15) is 5.10 Å². The van der Waals surface area contributed by atoms with Crippen LogP contribution in [0.25, 0.3) is 23.2 Å². The Morgan fingerprint density at radius 1 is 1.30 bits per heavy atom. The van der Waals surface area contributed by atoms with Crippen LogP contribution in [0.3, 0.4) is 0 Å². The number of nitrogens with one attached hydrogen (secondary N) is 1. The zero-order valence-electron chi connectivity index (χ0n) is 16.9. The summed E-state index contributed by atoms with van der Waals surface area (Å²) in [5.74, 6) is 0.192. The van der Waals surface area contributed by atoms with Crippen LogP contribution >= 0.6 is 0 Å². The molecule has 156 valence electrons. The number of hydrogen-bond acceptors (Lipinski definition) is 4. The highest BCUT2D eigenvalue weighted by atomic mass is 19.1. The molecule has 1 aromatic carbocycles. The molecule has 1 aliphatic heterocycles. The maximum atomic E-state index is 13.6. The number of aliphatic hydroxyl groups is 1. The van der Waals surface area contributed by atoms with E-state index in [4.69, 9.17) is 9.84 Å². The van der Waals surface area contributed by atoms with Crippen LogP contribution in [0.1, 0.15) is 43.9 Å². The SMILES string of the molecule is CC(C)c1nn(-c2ccc[nH]2)c(-c2ccc(F)cc2)c1/C=C/C1CC(O)CC(=O)O1. The van der Waals surface area contributed by atoms with Crippen molar-refractivity contribution in [2.24, 2.45) is 0 Å². The second-order valence-electron chi connectivity index (χ2n) is 7.76. The molecule has 30 heavy (non-hydrogen) atoms. The van der Waals surface area contributed by atoms with Crippen molar-refractivity contribution in [3.05, 3.63) is 65.7 Å². The largest absolute Gasteiger partial charge is 0.458 e. The summed E-state index contributed by atoms with van der Waals surface area (Å²) in [7, 11) is 0. The average molecular weight is 409 g/mol. The molecule has 0 aliphatic carbocycles. The number of rotatable bonds is 5. The second kappa shape index (κ2) is 8.28. The summed E-state index contributed by atoms with van der Waals surface area (Å²) in [5, 5.41) is 14.7. The van der Waals surface area contributed by atoms with Crippen molar-refractivity contribution < 1.29 is 19.0 Å². The molecule has 3 heterocycles. The molecule has 0 bridgehead atoms. The van der Waals surface area contributed by atoms with E-state index in [-0.39, 0.29) is 18.2 Å². The molecule has 3 aromatic rings. The van der Waals surface area contributed by atoms with Crippen molar-refractivity contribution in [2.75, 3.05) is 0 Å². The van der Waals surface area contributed by atoms with Crippen molar-refractivity contribution in [3.63, 3.8) is 0 Å². The van der Waals surface area contributed by atoms with Crippen LogP contribution < -0.4 is 0 Å². The first-order valence-electron chi connectivity index (χ1n) is 10.0. The van der Waals surface area contributed by atoms with Gasteiger partial charge in [-0.3, -0.25) is 4.79 Å². The molecular formula is C23H24FN3O3. The van der Waals surface area contributed by atoms with Gasteiger partial charge in [0.1, 0.15) is 17.7 Å². The molecule has 1 saturated heterocycles. The van der Waals surface area contributed by atoms with Gasteiger partial charge in [0, 0.05) is 23.7 Å². The van der Waals surface area contributed by atoms with Crippen LogP contribution in [0, 0.1) is 5.82 Å². The summed E-state index contributed by atoms with van der Waals surface area (Å²) in [6.45, 7) is 4.11. The number of esters is 1.